The van der Waals surface area contributed by atoms with Gasteiger partial charge in [-0.15, -0.1) is 0 Å². The van der Waals surface area contributed by atoms with Gasteiger partial charge in [-0.3, -0.25) is 14.7 Å². The zero-order chi connectivity index (χ0) is 12.3. The molecule has 0 unspecified atom stereocenters. The molecule has 0 radical (unpaired) electrons. The van der Waals surface area contributed by atoms with Crippen molar-refractivity contribution in [2.45, 2.75) is 25.4 Å². The van der Waals surface area contributed by atoms with Crippen LogP contribution in [-0.2, 0) is 11.3 Å². The maximum absolute atomic E-state index is 11.5. The van der Waals surface area contributed by atoms with E-state index in [1.165, 1.54) is 6.20 Å². The summed E-state index contributed by atoms with van der Waals surface area (Å²) in [5.74, 6) is 0.0666. The van der Waals surface area contributed by atoms with Crippen molar-refractivity contribution in [3.05, 3.63) is 23.2 Å². The van der Waals surface area contributed by atoms with E-state index in [9.17, 15) is 4.79 Å². The smallest absolute Gasteiger partial charge is 0.234 e. The van der Waals surface area contributed by atoms with Crippen LogP contribution >= 0.6 is 11.6 Å². The first-order valence-corrected chi connectivity index (χ1v) is 5.95. The van der Waals surface area contributed by atoms with Gasteiger partial charge in [0.2, 0.25) is 5.91 Å². The molecule has 2 rings (SSSR count). The largest absolute Gasteiger partial charge is 0.352 e. The Morgan fingerprint density at radius 2 is 2.29 bits per heavy atom. The number of hydrogen-bond donors (Lipinski definition) is 1. The van der Waals surface area contributed by atoms with Gasteiger partial charge in [0.25, 0.3) is 0 Å². The molecule has 1 aliphatic carbocycles. The van der Waals surface area contributed by atoms with Gasteiger partial charge in [0.1, 0.15) is 5.15 Å². The van der Waals surface area contributed by atoms with Gasteiger partial charge >= 0.3 is 0 Å². The monoisotopic (exact) mass is 254 g/mol. The Morgan fingerprint density at radius 3 is 2.88 bits per heavy atom. The molecule has 0 saturated heterocycles. The van der Waals surface area contributed by atoms with Gasteiger partial charge in [-0.05, 0) is 19.9 Å². The van der Waals surface area contributed by atoms with E-state index in [0.717, 1.165) is 18.5 Å². The van der Waals surface area contributed by atoms with Crippen molar-refractivity contribution in [2.75, 3.05) is 13.6 Å². The fraction of sp³-hybridized carbons (Fsp3) is 0.545. The molecular weight excluding hydrogens is 240 g/mol. The summed E-state index contributed by atoms with van der Waals surface area (Å²) in [6.45, 7) is 0.961. The number of carbonyl (C=O) groups excluding carboxylic acids is 1. The fourth-order valence-electron chi connectivity index (χ4n) is 1.50. The van der Waals surface area contributed by atoms with Crippen LogP contribution in [0.25, 0.3) is 0 Å². The van der Waals surface area contributed by atoms with Crippen LogP contribution in [-0.4, -0.2) is 40.4 Å². The van der Waals surface area contributed by atoms with Crippen LogP contribution in [0.4, 0.5) is 0 Å². The third-order valence-electron chi connectivity index (χ3n) is 2.46. The molecule has 92 valence electrons. The predicted molar refractivity (Wildman–Crippen MR) is 64.5 cm³/mol. The number of aromatic nitrogens is 2. The number of rotatable bonds is 5. The molecule has 0 atom stereocenters. The maximum Gasteiger partial charge on any atom is 0.234 e. The molecular formula is C11H15ClN4O. The van der Waals surface area contributed by atoms with E-state index in [2.05, 4.69) is 15.3 Å². The molecule has 1 aromatic heterocycles. The lowest BCUT2D eigenvalue weighted by Crippen LogP contribution is -2.36. The summed E-state index contributed by atoms with van der Waals surface area (Å²) in [5, 5.41) is 3.32. The van der Waals surface area contributed by atoms with Crippen LogP contribution < -0.4 is 5.32 Å². The SMILES string of the molecule is CN(CC(=O)NC1CC1)Cc1cnc(Cl)cn1. The third kappa shape index (κ3) is 4.28. The Balaban J connectivity index is 1.77. The summed E-state index contributed by atoms with van der Waals surface area (Å²) in [6, 6.07) is 0.409. The first-order valence-electron chi connectivity index (χ1n) is 5.58. The second kappa shape index (κ2) is 5.42. The quantitative estimate of drug-likeness (QED) is 0.846. The van der Waals surface area contributed by atoms with E-state index in [0.29, 0.717) is 24.3 Å². The number of nitrogens with zero attached hydrogens (tertiary/aromatic N) is 3. The lowest BCUT2D eigenvalue weighted by Gasteiger charge is -2.15. The van der Waals surface area contributed by atoms with Crippen LogP contribution in [0.2, 0.25) is 5.15 Å². The van der Waals surface area contributed by atoms with E-state index in [1.807, 2.05) is 11.9 Å². The highest BCUT2D eigenvalue weighted by Crippen LogP contribution is 2.18. The standard InChI is InChI=1S/C11H15ClN4O/c1-16(7-11(17)15-8-2-3-8)6-9-4-14-10(12)5-13-9/h4-5,8H,2-3,6-7H2,1H3,(H,15,17). The molecule has 0 aliphatic heterocycles. The number of nitrogens with one attached hydrogen (secondary N) is 1. The summed E-state index contributed by atoms with van der Waals surface area (Å²) in [6.07, 6.45) is 5.35. The van der Waals surface area contributed by atoms with Crippen LogP contribution in [0.5, 0.6) is 0 Å². The molecule has 6 heteroatoms. The number of hydrogen-bond acceptors (Lipinski definition) is 4. The van der Waals surface area contributed by atoms with E-state index in [1.54, 1.807) is 6.20 Å². The second-order valence-electron chi connectivity index (χ2n) is 4.34. The van der Waals surface area contributed by atoms with Crippen LogP contribution in [0.3, 0.4) is 0 Å². The van der Waals surface area contributed by atoms with Crippen molar-refractivity contribution in [2.24, 2.45) is 0 Å². The highest BCUT2D eigenvalue weighted by Gasteiger charge is 2.23. The molecule has 1 saturated carbocycles. The Morgan fingerprint density at radius 1 is 1.53 bits per heavy atom. The zero-order valence-corrected chi connectivity index (χ0v) is 10.4. The number of amides is 1. The lowest BCUT2D eigenvalue weighted by molar-refractivity contribution is -0.122. The molecule has 5 nitrogen and oxygen atoms in total. The summed E-state index contributed by atoms with van der Waals surface area (Å²) in [4.78, 5) is 21.5. The minimum Gasteiger partial charge on any atom is -0.352 e. The Labute approximate surface area is 105 Å². The molecule has 1 amide bonds. The van der Waals surface area contributed by atoms with E-state index >= 15 is 0 Å². The van der Waals surface area contributed by atoms with E-state index < -0.39 is 0 Å². The van der Waals surface area contributed by atoms with Gasteiger partial charge in [0, 0.05) is 12.6 Å². The van der Waals surface area contributed by atoms with Crippen molar-refractivity contribution in [3.8, 4) is 0 Å². The predicted octanol–water partition coefficient (Wildman–Crippen LogP) is 0.840. The number of halogens is 1. The molecule has 0 bridgehead atoms. The Hall–Kier alpha value is -1.20. The zero-order valence-electron chi connectivity index (χ0n) is 9.69. The third-order valence-corrected chi connectivity index (χ3v) is 2.66. The van der Waals surface area contributed by atoms with Crippen molar-refractivity contribution < 1.29 is 4.79 Å². The summed E-state index contributed by atoms with van der Waals surface area (Å²) < 4.78 is 0. The number of carbonyl (C=O) groups is 1. The summed E-state index contributed by atoms with van der Waals surface area (Å²) in [5.41, 5.74) is 0.802. The van der Waals surface area contributed by atoms with Gasteiger partial charge < -0.3 is 5.32 Å². The number of likely N-dealkylation sites (N-methyl/N-ethyl adjacent to an activating group) is 1. The van der Waals surface area contributed by atoms with Crippen molar-refractivity contribution in [1.29, 1.82) is 0 Å². The molecule has 17 heavy (non-hydrogen) atoms. The normalized spacial score (nSPS) is 15.0. The molecule has 1 heterocycles. The molecule has 1 aromatic rings. The molecule has 0 aromatic carbocycles. The maximum atomic E-state index is 11.5. The minimum atomic E-state index is 0.0666. The first kappa shape index (κ1) is 12.3. The van der Waals surface area contributed by atoms with Crippen molar-refractivity contribution >= 4 is 17.5 Å². The Bertz CT molecular complexity index is 391. The van der Waals surface area contributed by atoms with Gasteiger partial charge in [0.05, 0.1) is 24.6 Å². The highest BCUT2D eigenvalue weighted by molar-refractivity contribution is 6.29. The Kier molecular flexibility index (Phi) is 3.91. The molecule has 1 aliphatic rings. The molecule has 1 N–H and O–H groups in total. The first-order chi connectivity index (χ1) is 8.13. The van der Waals surface area contributed by atoms with Crippen LogP contribution in [0.15, 0.2) is 12.4 Å². The van der Waals surface area contributed by atoms with Gasteiger partial charge in [0.15, 0.2) is 0 Å². The summed E-state index contributed by atoms with van der Waals surface area (Å²) >= 11 is 5.65. The van der Waals surface area contributed by atoms with Crippen LogP contribution in [0, 0.1) is 0 Å². The van der Waals surface area contributed by atoms with Gasteiger partial charge in [-0.2, -0.15) is 0 Å². The summed E-state index contributed by atoms with van der Waals surface area (Å²) in [7, 11) is 1.88. The minimum absolute atomic E-state index is 0.0666. The van der Waals surface area contributed by atoms with Crippen LogP contribution in [0.1, 0.15) is 18.5 Å². The van der Waals surface area contributed by atoms with E-state index in [-0.39, 0.29) is 5.91 Å². The fourth-order valence-corrected chi connectivity index (χ4v) is 1.60. The lowest BCUT2D eigenvalue weighted by atomic mass is 10.4. The average Bonchev–Trinajstić information content (AvgIpc) is 3.05. The van der Waals surface area contributed by atoms with E-state index in [4.69, 9.17) is 11.6 Å². The highest BCUT2D eigenvalue weighted by atomic mass is 35.5. The average molecular weight is 255 g/mol. The van der Waals surface area contributed by atoms with Gasteiger partial charge in [-0.25, -0.2) is 4.98 Å². The van der Waals surface area contributed by atoms with Crippen molar-refractivity contribution in [3.63, 3.8) is 0 Å². The molecule has 1 fully saturated rings. The topological polar surface area (TPSA) is 58.1 Å². The van der Waals surface area contributed by atoms with Crippen molar-refractivity contribution in [1.82, 2.24) is 20.2 Å². The second-order valence-corrected chi connectivity index (χ2v) is 4.73. The molecule has 0 spiro atoms. The van der Waals surface area contributed by atoms with Gasteiger partial charge in [-0.1, -0.05) is 11.6 Å².